The number of anilines is 2. The number of hydrogen-bond donors (Lipinski definition) is 2. The molecule has 0 amide bonds. The molecule has 3 heterocycles. The normalized spacial score (nSPS) is 18.8. The van der Waals surface area contributed by atoms with Gasteiger partial charge in [-0.3, -0.25) is 0 Å². The van der Waals surface area contributed by atoms with E-state index in [4.69, 9.17) is 0 Å². The van der Waals surface area contributed by atoms with E-state index in [1.165, 1.54) is 24.8 Å². The summed E-state index contributed by atoms with van der Waals surface area (Å²) in [7, 11) is 0. The van der Waals surface area contributed by atoms with Crippen LogP contribution in [0.2, 0.25) is 0 Å². The maximum Gasteiger partial charge on any atom is 0.134 e. The highest BCUT2D eigenvalue weighted by Crippen LogP contribution is 2.23. The molecular formula is C16H20N4. The van der Waals surface area contributed by atoms with Gasteiger partial charge in [-0.05, 0) is 49.6 Å². The summed E-state index contributed by atoms with van der Waals surface area (Å²) >= 11 is 0. The summed E-state index contributed by atoms with van der Waals surface area (Å²) < 4.78 is 0. The average molecular weight is 268 g/mol. The Morgan fingerprint density at radius 1 is 1.20 bits per heavy atom. The fourth-order valence-corrected chi connectivity index (χ4v) is 2.56. The molecule has 3 rings (SSSR count). The molecule has 0 spiro atoms. The molecule has 0 aliphatic carbocycles. The molecule has 0 radical (unpaired) electrons. The van der Waals surface area contributed by atoms with Crippen molar-refractivity contribution in [2.75, 3.05) is 11.9 Å². The third-order valence-corrected chi connectivity index (χ3v) is 3.75. The molecule has 0 bridgehead atoms. The van der Waals surface area contributed by atoms with Gasteiger partial charge in [0.15, 0.2) is 0 Å². The molecule has 0 saturated carbocycles. The molecule has 2 aromatic rings. The first kappa shape index (κ1) is 13.1. The summed E-state index contributed by atoms with van der Waals surface area (Å²) in [4.78, 5) is 8.82. The molecule has 2 aromatic heterocycles. The smallest absolute Gasteiger partial charge is 0.134 e. The standard InChI is InChI=1S/C16H20N4/c1-12-5-4-10-18-16(12)20-15-8-7-13(11-19-15)14-6-2-3-9-17-14/h4-5,7-8,10-11,14,17H,2-3,6,9H2,1H3,(H,18,19,20). The van der Waals surface area contributed by atoms with Crippen molar-refractivity contribution in [1.82, 2.24) is 15.3 Å². The summed E-state index contributed by atoms with van der Waals surface area (Å²) in [6.07, 6.45) is 7.53. The molecule has 1 atom stereocenters. The van der Waals surface area contributed by atoms with Crippen molar-refractivity contribution >= 4 is 11.6 Å². The molecule has 1 fully saturated rings. The molecule has 1 unspecified atom stereocenters. The van der Waals surface area contributed by atoms with Crippen LogP contribution < -0.4 is 10.6 Å². The number of pyridine rings is 2. The van der Waals surface area contributed by atoms with Gasteiger partial charge in [0.2, 0.25) is 0 Å². The number of hydrogen-bond acceptors (Lipinski definition) is 4. The van der Waals surface area contributed by atoms with Gasteiger partial charge >= 0.3 is 0 Å². The molecule has 4 heteroatoms. The molecule has 20 heavy (non-hydrogen) atoms. The first-order valence-corrected chi connectivity index (χ1v) is 7.21. The Bertz CT molecular complexity index is 559. The highest BCUT2D eigenvalue weighted by atomic mass is 15.1. The number of nitrogens with one attached hydrogen (secondary N) is 2. The van der Waals surface area contributed by atoms with Crippen LogP contribution in [0.25, 0.3) is 0 Å². The van der Waals surface area contributed by atoms with E-state index in [9.17, 15) is 0 Å². The molecule has 1 aliphatic rings. The maximum absolute atomic E-state index is 4.50. The fourth-order valence-electron chi connectivity index (χ4n) is 2.56. The van der Waals surface area contributed by atoms with Crippen LogP contribution in [0.1, 0.15) is 36.4 Å². The number of aryl methyl sites for hydroxylation is 1. The van der Waals surface area contributed by atoms with Gasteiger partial charge in [0.05, 0.1) is 0 Å². The second kappa shape index (κ2) is 6.01. The molecular weight excluding hydrogens is 248 g/mol. The van der Waals surface area contributed by atoms with Crippen molar-refractivity contribution in [2.45, 2.75) is 32.2 Å². The van der Waals surface area contributed by atoms with Crippen LogP contribution in [-0.4, -0.2) is 16.5 Å². The number of rotatable bonds is 3. The predicted molar refractivity (Wildman–Crippen MR) is 81.1 cm³/mol. The lowest BCUT2D eigenvalue weighted by molar-refractivity contribution is 0.411. The van der Waals surface area contributed by atoms with Crippen LogP contribution in [0.4, 0.5) is 11.6 Å². The summed E-state index contributed by atoms with van der Waals surface area (Å²) in [6, 6.07) is 8.61. The van der Waals surface area contributed by atoms with Crippen LogP contribution in [0.15, 0.2) is 36.7 Å². The van der Waals surface area contributed by atoms with Gasteiger partial charge in [-0.1, -0.05) is 18.6 Å². The van der Waals surface area contributed by atoms with Gasteiger partial charge in [0.1, 0.15) is 11.6 Å². The quantitative estimate of drug-likeness (QED) is 0.896. The summed E-state index contributed by atoms with van der Waals surface area (Å²) in [5.41, 5.74) is 2.39. The van der Waals surface area contributed by atoms with E-state index in [0.717, 1.165) is 23.7 Å². The van der Waals surface area contributed by atoms with Crippen molar-refractivity contribution < 1.29 is 0 Å². The molecule has 1 saturated heterocycles. The van der Waals surface area contributed by atoms with E-state index in [0.29, 0.717) is 6.04 Å². The van der Waals surface area contributed by atoms with Gasteiger partial charge in [-0.2, -0.15) is 0 Å². The van der Waals surface area contributed by atoms with Crippen LogP contribution in [0.5, 0.6) is 0 Å². The Hall–Kier alpha value is -1.94. The Morgan fingerprint density at radius 3 is 2.85 bits per heavy atom. The molecule has 2 N–H and O–H groups in total. The first-order valence-electron chi connectivity index (χ1n) is 7.21. The third-order valence-electron chi connectivity index (χ3n) is 3.75. The van der Waals surface area contributed by atoms with Gasteiger partial charge in [-0.15, -0.1) is 0 Å². The Kier molecular flexibility index (Phi) is 3.92. The Labute approximate surface area is 119 Å². The van der Waals surface area contributed by atoms with Crippen LogP contribution in [0.3, 0.4) is 0 Å². The lowest BCUT2D eigenvalue weighted by Gasteiger charge is -2.23. The van der Waals surface area contributed by atoms with Crippen molar-refractivity contribution in [3.8, 4) is 0 Å². The number of nitrogens with zero attached hydrogens (tertiary/aromatic N) is 2. The number of piperidine rings is 1. The van der Waals surface area contributed by atoms with Crippen LogP contribution >= 0.6 is 0 Å². The van der Waals surface area contributed by atoms with Gasteiger partial charge in [0.25, 0.3) is 0 Å². The van der Waals surface area contributed by atoms with Crippen LogP contribution in [0, 0.1) is 6.92 Å². The zero-order chi connectivity index (χ0) is 13.8. The minimum absolute atomic E-state index is 0.460. The van der Waals surface area contributed by atoms with E-state index in [1.807, 2.05) is 31.3 Å². The van der Waals surface area contributed by atoms with E-state index in [-0.39, 0.29) is 0 Å². The maximum atomic E-state index is 4.50. The summed E-state index contributed by atoms with van der Waals surface area (Å²) in [5.74, 6) is 1.70. The summed E-state index contributed by atoms with van der Waals surface area (Å²) in [6.45, 7) is 3.15. The van der Waals surface area contributed by atoms with Crippen molar-refractivity contribution in [3.05, 3.63) is 47.8 Å². The lowest BCUT2D eigenvalue weighted by atomic mass is 9.99. The largest absolute Gasteiger partial charge is 0.325 e. The SMILES string of the molecule is Cc1cccnc1Nc1ccc(C2CCCCN2)cn1. The van der Waals surface area contributed by atoms with E-state index < -0.39 is 0 Å². The van der Waals surface area contributed by atoms with Crippen molar-refractivity contribution in [3.63, 3.8) is 0 Å². The van der Waals surface area contributed by atoms with Gasteiger partial charge < -0.3 is 10.6 Å². The van der Waals surface area contributed by atoms with Crippen molar-refractivity contribution in [2.24, 2.45) is 0 Å². The Morgan fingerprint density at radius 2 is 2.15 bits per heavy atom. The molecule has 1 aliphatic heterocycles. The summed E-state index contributed by atoms with van der Waals surface area (Å²) in [5, 5.41) is 6.80. The second-order valence-corrected chi connectivity index (χ2v) is 5.27. The minimum atomic E-state index is 0.460. The monoisotopic (exact) mass is 268 g/mol. The molecule has 104 valence electrons. The third kappa shape index (κ3) is 2.96. The zero-order valence-electron chi connectivity index (χ0n) is 11.8. The highest BCUT2D eigenvalue weighted by Gasteiger charge is 2.14. The molecule has 0 aromatic carbocycles. The fraction of sp³-hybridized carbons (Fsp3) is 0.375. The molecule has 4 nitrogen and oxygen atoms in total. The van der Waals surface area contributed by atoms with E-state index >= 15 is 0 Å². The average Bonchev–Trinajstić information content (AvgIpc) is 2.51. The topological polar surface area (TPSA) is 49.8 Å². The first-order chi connectivity index (χ1) is 9.83. The van der Waals surface area contributed by atoms with Gasteiger partial charge in [-0.25, -0.2) is 9.97 Å². The van der Waals surface area contributed by atoms with E-state index in [2.05, 4.69) is 26.7 Å². The minimum Gasteiger partial charge on any atom is -0.325 e. The second-order valence-electron chi connectivity index (χ2n) is 5.27. The van der Waals surface area contributed by atoms with E-state index in [1.54, 1.807) is 6.20 Å². The lowest BCUT2D eigenvalue weighted by Crippen LogP contribution is -2.26. The zero-order valence-corrected chi connectivity index (χ0v) is 11.8. The predicted octanol–water partition coefficient (Wildman–Crippen LogP) is 3.34. The van der Waals surface area contributed by atoms with Crippen molar-refractivity contribution in [1.29, 1.82) is 0 Å². The number of aromatic nitrogens is 2. The Balaban J connectivity index is 1.71. The van der Waals surface area contributed by atoms with Gasteiger partial charge in [0, 0.05) is 18.4 Å². The highest BCUT2D eigenvalue weighted by molar-refractivity contribution is 5.55. The van der Waals surface area contributed by atoms with Crippen LogP contribution in [-0.2, 0) is 0 Å².